The Hall–Kier alpha value is -1.74. The van der Waals surface area contributed by atoms with Crippen molar-refractivity contribution in [3.05, 3.63) is 53.5 Å². The van der Waals surface area contributed by atoms with Crippen molar-refractivity contribution in [2.45, 2.75) is 52.8 Å². The average Bonchev–Trinajstić information content (AvgIpc) is 2.90. The van der Waals surface area contributed by atoms with Crippen LogP contribution in [0.5, 0.6) is 5.75 Å². The van der Waals surface area contributed by atoms with Crippen LogP contribution in [0.25, 0.3) is 0 Å². The van der Waals surface area contributed by atoms with Gasteiger partial charge >= 0.3 is 0 Å². The van der Waals surface area contributed by atoms with E-state index in [4.69, 9.17) is 9.15 Å². The van der Waals surface area contributed by atoms with E-state index in [1.165, 1.54) is 5.56 Å². The zero-order chi connectivity index (χ0) is 15.3. The van der Waals surface area contributed by atoms with E-state index in [1.54, 1.807) is 6.26 Å². The first-order chi connectivity index (χ1) is 9.96. The third kappa shape index (κ3) is 5.27. The van der Waals surface area contributed by atoms with E-state index in [9.17, 15) is 0 Å². The first-order valence-corrected chi connectivity index (χ1v) is 7.49. The van der Waals surface area contributed by atoms with Crippen LogP contribution in [-0.4, -0.2) is 5.54 Å². The number of aryl methyl sites for hydroxylation is 1. The maximum atomic E-state index is 5.78. The van der Waals surface area contributed by atoms with Gasteiger partial charge in [-0.1, -0.05) is 19.1 Å². The van der Waals surface area contributed by atoms with Crippen molar-refractivity contribution in [2.24, 2.45) is 0 Å². The minimum Gasteiger partial charge on any atom is -0.486 e. The van der Waals surface area contributed by atoms with Gasteiger partial charge in [-0.05, 0) is 51.0 Å². The summed E-state index contributed by atoms with van der Waals surface area (Å²) in [5.74, 6) is 1.74. The summed E-state index contributed by atoms with van der Waals surface area (Å²) in [5.41, 5.74) is 2.53. The Balaban J connectivity index is 1.87. The highest BCUT2D eigenvalue weighted by Crippen LogP contribution is 2.17. The molecule has 0 spiro atoms. The van der Waals surface area contributed by atoms with E-state index < -0.39 is 0 Å². The summed E-state index contributed by atoms with van der Waals surface area (Å²) in [4.78, 5) is 0. The van der Waals surface area contributed by atoms with Gasteiger partial charge in [-0.15, -0.1) is 0 Å². The highest BCUT2D eigenvalue weighted by Gasteiger charge is 2.10. The van der Waals surface area contributed by atoms with E-state index >= 15 is 0 Å². The van der Waals surface area contributed by atoms with Crippen LogP contribution in [0.2, 0.25) is 0 Å². The van der Waals surface area contributed by atoms with Crippen LogP contribution >= 0.6 is 0 Å². The summed E-state index contributed by atoms with van der Waals surface area (Å²) in [7, 11) is 0. The lowest BCUT2D eigenvalue weighted by Crippen LogP contribution is -2.34. The number of hydrogen-bond acceptors (Lipinski definition) is 3. The van der Waals surface area contributed by atoms with Crippen molar-refractivity contribution >= 4 is 0 Å². The summed E-state index contributed by atoms with van der Waals surface area (Å²) in [6, 6.07) is 10.2. The number of benzene rings is 1. The number of ether oxygens (including phenoxy) is 1. The Morgan fingerprint density at radius 3 is 2.67 bits per heavy atom. The molecule has 0 radical (unpaired) electrons. The number of nitrogens with one attached hydrogen (secondary N) is 1. The fraction of sp³-hybridized carbons (Fsp3) is 0.444. The second-order valence-electron chi connectivity index (χ2n) is 6.31. The Bertz CT molecular complexity index is 567. The Morgan fingerprint density at radius 1 is 1.14 bits per heavy atom. The second kappa shape index (κ2) is 6.81. The van der Waals surface area contributed by atoms with Gasteiger partial charge < -0.3 is 14.5 Å². The van der Waals surface area contributed by atoms with Crippen molar-refractivity contribution in [3.63, 3.8) is 0 Å². The molecule has 1 heterocycles. The van der Waals surface area contributed by atoms with Crippen molar-refractivity contribution in [3.8, 4) is 5.75 Å². The van der Waals surface area contributed by atoms with Crippen LogP contribution in [0, 0.1) is 0 Å². The molecule has 0 bridgehead atoms. The molecule has 0 aliphatic heterocycles. The minimum atomic E-state index is 0.106. The Kier molecular flexibility index (Phi) is 5.07. The van der Waals surface area contributed by atoms with Crippen molar-refractivity contribution in [1.82, 2.24) is 5.32 Å². The molecule has 21 heavy (non-hydrogen) atoms. The summed E-state index contributed by atoms with van der Waals surface area (Å²) in [5, 5.41) is 3.44. The fourth-order valence-electron chi connectivity index (χ4n) is 1.97. The van der Waals surface area contributed by atoms with E-state index in [-0.39, 0.29) is 5.54 Å². The van der Waals surface area contributed by atoms with Crippen LogP contribution in [0.3, 0.4) is 0 Å². The average molecular weight is 287 g/mol. The summed E-state index contributed by atoms with van der Waals surface area (Å²) in [6.45, 7) is 9.86. The Morgan fingerprint density at radius 2 is 1.95 bits per heavy atom. The van der Waals surface area contributed by atoms with E-state index in [2.05, 4.69) is 45.1 Å². The van der Waals surface area contributed by atoms with Crippen LogP contribution in [0.4, 0.5) is 0 Å². The largest absolute Gasteiger partial charge is 0.486 e. The fourth-order valence-corrected chi connectivity index (χ4v) is 1.97. The molecule has 0 aliphatic rings. The maximum absolute atomic E-state index is 5.78. The summed E-state index contributed by atoms with van der Waals surface area (Å²) < 4.78 is 11.3. The SMILES string of the molecule is CCc1cccc(OCc2cc(CNC(C)(C)C)co2)c1. The van der Waals surface area contributed by atoms with E-state index in [0.29, 0.717) is 6.61 Å². The molecule has 3 heteroatoms. The molecule has 0 unspecified atom stereocenters. The molecule has 0 amide bonds. The minimum absolute atomic E-state index is 0.106. The van der Waals surface area contributed by atoms with Gasteiger partial charge in [0.1, 0.15) is 18.1 Å². The van der Waals surface area contributed by atoms with Gasteiger partial charge in [-0.2, -0.15) is 0 Å². The quantitative estimate of drug-likeness (QED) is 0.859. The zero-order valence-corrected chi connectivity index (χ0v) is 13.4. The molecule has 0 aliphatic carbocycles. The zero-order valence-electron chi connectivity index (χ0n) is 13.4. The maximum Gasteiger partial charge on any atom is 0.146 e. The van der Waals surface area contributed by atoms with Gasteiger partial charge in [0.05, 0.1) is 6.26 Å². The van der Waals surface area contributed by atoms with Gasteiger partial charge in [0.15, 0.2) is 0 Å². The van der Waals surface area contributed by atoms with Gasteiger partial charge in [-0.3, -0.25) is 0 Å². The van der Waals surface area contributed by atoms with Crippen molar-refractivity contribution < 1.29 is 9.15 Å². The molecule has 0 fully saturated rings. The van der Waals surface area contributed by atoms with Crippen molar-refractivity contribution in [2.75, 3.05) is 0 Å². The highest BCUT2D eigenvalue weighted by atomic mass is 16.5. The number of rotatable bonds is 6. The van der Waals surface area contributed by atoms with Crippen LogP contribution in [0.1, 0.15) is 44.6 Å². The summed E-state index contributed by atoms with van der Waals surface area (Å²) in [6.07, 6.45) is 2.81. The molecule has 0 saturated heterocycles. The van der Waals surface area contributed by atoms with Crippen molar-refractivity contribution in [1.29, 1.82) is 0 Å². The molecule has 2 aromatic rings. The molecule has 1 aromatic carbocycles. The standard InChI is InChI=1S/C18H25NO2/c1-5-14-7-6-8-16(9-14)21-13-17-10-15(12-20-17)11-19-18(2,3)4/h6-10,12,19H,5,11,13H2,1-4H3. The van der Waals surface area contributed by atoms with E-state index in [1.807, 2.05) is 18.2 Å². The lowest BCUT2D eigenvalue weighted by molar-refractivity contribution is 0.270. The van der Waals surface area contributed by atoms with Crippen LogP contribution < -0.4 is 10.1 Å². The van der Waals surface area contributed by atoms with Gasteiger partial charge in [0, 0.05) is 17.6 Å². The van der Waals surface area contributed by atoms with Crippen LogP contribution in [-0.2, 0) is 19.6 Å². The predicted molar refractivity (Wildman–Crippen MR) is 85.5 cm³/mol. The first kappa shape index (κ1) is 15.6. The highest BCUT2D eigenvalue weighted by molar-refractivity contribution is 5.28. The van der Waals surface area contributed by atoms with Gasteiger partial charge in [-0.25, -0.2) is 0 Å². The molecule has 3 nitrogen and oxygen atoms in total. The molecular formula is C18H25NO2. The van der Waals surface area contributed by atoms with Gasteiger partial charge in [0.25, 0.3) is 0 Å². The molecule has 1 aromatic heterocycles. The van der Waals surface area contributed by atoms with Crippen LogP contribution in [0.15, 0.2) is 41.0 Å². The normalized spacial score (nSPS) is 11.6. The lowest BCUT2D eigenvalue weighted by atomic mass is 10.1. The molecule has 2 rings (SSSR count). The smallest absolute Gasteiger partial charge is 0.146 e. The molecule has 1 N–H and O–H groups in total. The predicted octanol–water partition coefficient (Wildman–Crippen LogP) is 4.31. The second-order valence-corrected chi connectivity index (χ2v) is 6.31. The summed E-state index contributed by atoms with van der Waals surface area (Å²) >= 11 is 0. The third-order valence-electron chi connectivity index (χ3n) is 3.22. The molecular weight excluding hydrogens is 262 g/mol. The topological polar surface area (TPSA) is 34.4 Å². The lowest BCUT2D eigenvalue weighted by Gasteiger charge is -2.19. The number of furan rings is 1. The Labute approximate surface area is 127 Å². The first-order valence-electron chi connectivity index (χ1n) is 7.49. The number of hydrogen-bond donors (Lipinski definition) is 1. The monoisotopic (exact) mass is 287 g/mol. The third-order valence-corrected chi connectivity index (χ3v) is 3.22. The van der Waals surface area contributed by atoms with E-state index in [0.717, 1.165) is 30.0 Å². The van der Waals surface area contributed by atoms with Gasteiger partial charge in [0.2, 0.25) is 0 Å². The molecule has 0 saturated carbocycles. The molecule has 0 atom stereocenters. The molecule has 114 valence electrons.